The van der Waals surface area contributed by atoms with Gasteiger partial charge in [0, 0.05) is 0 Å². The van der Waals surface area contributed by atoms with Crippen molar-refractivity contribution in [3.8, 4) is 0 Å². The average molecular weight is 162 g/mol. The zero-order chi connectivity index (χ0) is 9.19. The fourth-order valence-electron chi connectivity index (χ4n) is 1.90. The molecule has 0 unspecified atom stereocenters. The quantitative estimate of drug-likeness (QED) is 0.549. The molecule has 0 heteroatoms. The van der Waals surface area contributed by atoms with Gasteiger partial charge in [-0.3, -0.25) is 0 Å². The van der Waals surface area contributed by atoms with Gasteiger partial charge in [0.05, 0.1) is 0 Å². The molecule has 1 rings (SSSR count). The Morgan fingerprint density at radius 1 is 1.50 bits per heavy atom. The van der Waals surface area contributed by atoms with Gasteiger partial charge in [-0.2, -0.15) is 0 Å². The first-order valence-electron chi connectivity index (χ1n) is 4.58. The van der Waals surface area contributed by atoms with E-state index in [9.17, 15) is 0 Å². The van der Waals surface area contributed by atoms with Crippen LogP contribution in [0.3, 0.4) is 0 Å². The largest absolute Gasteiger partial charge is 0.0991 e. The number of hydrogen-bond donors (Lipinski definition) is 0. The molecular weight excluding hydrogens is 144 g/mol. The highest BCUT2D eigenvalue weighted by atomic mass is 14.3. The lowest BCUT2D eigenvalue weighted by molar-refractivity contribution is 0.404. The van der Waals surface area contributed by atoms with Crippen LogP contribution in [0.15, 0.2) is 36.0 Å². The molecule has 0 saturated carbocycles. The van der Waals surface area contributed by atoms with E-state index in [2.05, 4.69) is 39.5 Å². The molecule has 0 radical (unpaired) electrons. The third-order valence-corrected chi connectivity index (χ3v) is 2.66. The van der Waals surface area contributed by atoms with E-state index in [1.54, 1.807) is 0 Å². The minimum atomic E-state index is 0.340. The van der Waals surface area contributed by atoms with Crippen LogP contribution in [0.5, 0.6) is 0 Å². The van der Waals surface area contributed by atoms with Crippen molar-refractivity contribution in [1.82, 2.24) is 0 Å². The summed E-state index contributed by atoms with van der Waals surface area (Å²) in [5, 5.41) is 0. The smallest absolute Gasteiger partial charge is 0.00981 e. The van der Waals surface area contributed by atoms with Gasteiger partial charge in [0.1, 0.15) is 0 Å². The van der Waals surface area contributed by atoms with Crippen molar-refractivity contribution >= 4 is 0 Å². The predicted molar refractivity (Wildman–Crippen MR) is 55.1 cm³/mol. The summed E-state index contributed by atoms with van der Waals surface area (Å²) in [7, 11) is 0. The van der Waals surface area contributed by atoms with Crippen LogP contribution in [-0.2, 0) is 0 Å². The van der Waals surface area contributed by atoms with Gasteiger partial charge in [-0.25, -0.2) is 0 Å². The van der Waals surface area contributed by atoms with Crippen LogP contribution in [0, 0.1) is 5.41 Å². The van der Waals surface area contributed by atoms with E-state index in [-0.39, 0.29) is 0 Å². The Morgan fingerprint density at radius 2 is 2.17 bits per heavy atom. The molecule has 0 spiro atoms. The molecule has 1 aliphatic rings. The van der Waals surface area contributed by atoms with Crippen molar-refractivity contribution in [1.29, 1.82) is 0 Å². The zero-order valence-corrected chi connectivity index (χ0v) is 8.35. The molecule has 0 amide bonds. The van der Waals surface area contributed by atoms with Crippen molar-refractivity contribution in [2.75, 3.05) is 0 Å². The molecular formula is C12H18. The second kappa shape index (κ2) is 3.30. The Morgan fingerprint density at radius 3 is 2.67 bits per heavy atom. The molecule has 0 N–H and O–H groups in total. The van der Waals surface area contributed by atoms with Crippen LogP contribution >= 0.6 is 0 Å². The Balaban J connectivity index is 3.04. The van der Waals surface area contributed by atoms with Gasteiger partial charge in [0.25, 0.3) is 0 Å². The van der Waals surface area contributed by atoms with Gasteiger partial charge in [-0.05, 0) is 30.8 Å². The van der Waals surface area contributed by atoms with Crippen LogP contribution in [0.2, 0.25) is 0 Å². The molecule has 0 saturated heterocycles. The van der Waals surface area contributed by atoms with Gasteiger partial charge in [0.2, 0.25) is 0 Å². The summed E-state index contributed by atoms with van der Waals surface area (Å²) >= 11 is 0. The van der Waals surface area contributed by atoms with Crippen molar-refractivity contribution in [3.05, 3.63) is 36.0 Å². The summed E-state index contributed by atoms with van der Waals surface area (Å²) in [5.41, 5.74) is 3.21. The van der Waals surface area contributed by atoms with Crippen molar-refractivity contribution in [2.24, 2.45) is 5.41 Å². The molecule has 0 aliphatic heterocycles. The summed E-state index contributed by atoms with van der Waals surface area (Å²) in [6, 6.07) is 0. The van der Waals surface area contributed by atoms with Crippen LogP contribution in [0.4, 0.5) is 0 Å². The second-order valence-electron chi connectivity index (χ2n) is 4.13. The first-order chi connectivity index (χ1) is 5.58. The molecule has 0 atom stereocenters. The van der Waals surface area contributed by atoms with E-state index in [0.717, 1.165) is 0 Å². The normalized spacial score (nSPS) is 25.2. The van der Waals surface area contributed by atoms with E-state index < -0.39 is 0 Å². The highest BCUT2D eigenvalue weighted by molar-refractivity contribution is 5.38. The van der Waals surface area contributed by atoms with E-state index >= 15 is 0 Å². The van der Waals surface area contributed by atoms with Crippen LogP contribution in [0.1, 0.15) is 33.6 Å². The van der Waals surface area contributed by atoms with Crippen LogP contribution in [-0.4, -0.2) is 0 Å². The number of rotatable bonds is 1. The zero-order valence-electron chi connectivity index (χ0n) is 8.35. The third-order valence-electron chi connectivity index (χ3n) is 2.66. The van der Waals surface area contributed by atoms with Gasteiger partial charge in [-0.1, -0.05) is 44.2 Å². The van der Waals surface area contributed by atoms with Gasteiger partial charge in [0.15, 0.2) is 0 Å². The Bertz CT molecular complexity index is 239. The summed E-state index contributed by atoms with van der Waals surface area (Å²) in [6.45, 7) is 10.6. The van der Waals surface area contributed by atoms with Crippen LogP contribution < -0.4 is 0 Å². The molecule has 0 aromatic carbocycles. The summed E-state index contributed by atoms with van der Waals surface area (Å²) < 4.78 is 0. The van der Waals surface area contributed by atoms with Crippen molar-refractivity contribution in [3.63, 3.8) is 0 Å². The predicted octanol–water partition coefficient (Wildman–Crippen LogP) is 3.87. The highest BCUT2D eigenvalue weighted by Crippen LogP contribution is 2.39. The summed E-state index contributed by atoms with van der Waals surface area (Å²) in [6.07, 6.45) is 8.82. The monoisotopic (exact) mass is 162 g/mol. The first kappa shape index (κ1) is 9.31. The lowest BCUT2D eigenvalue weighted by Gasteiger charge is -2.32. The summed E-state index contributed by atoms with van der Waals surface area (Å²) in [4.78, 5) is 0. The minimum Gasteiger partial charge on any atom is -0.0991 e. The second-order valence-corrected chi connectivity index (χ2v) is 4.13. The average Bonchev–Trinajstić information content (AvgIpc) is 1.97. The number of allylic oxidation sites excluding steroid dienone is 5. The molecule has 0 aromatic rings. The van der Waals surface area contributed by atoms with Crippen LogP contribution in [0.25, 0.3) is 0 Å². The fraction of sp³-hybridized carbons (Fsp3) is 0.500. The maximum absolute atomic E-state index is 3.75. The molecule has 0 bridgehead atoms. The van der Waals surface area contributed by atoms with Gasteiger partial charge >= 0.3 is 0 Å². The Kier molecular flexibility index (Phi) is 2.56. The Hall–Kier alpha value is -0.780. The first-order valence-corrected chi connectivity index (χ1v) is 4.58. The topological polar surface area (TPSA) is 0 Å². The highest BCUT2D eigenvalue weighted by Gasteiger charge is 2.25. The van der Waals surface area contributed by atoms with E-state index in [4.69, 9.17) is 0 Å². The molecule has 12 heavy (non-hydrogen) atoms. The maximum atomic E-state index is 3.75. The van der Waals surface area contributed by atoms with E-state index in [1.165, 1.54) is 24.0 Å². The van der Waals surface area contributed by atoms with Gasteiger partial charge < -0.3 is 0 Å². The summed E-state index contributed by atoms with van der Waals surface area (Å²) in [5.74, 6) is 0. The number of hydrogen-bond acceptors (Lipinski definition) is 0. The maximum Gasteiger partial charge on any atom is -0.00981 e. The third kappa shape index (κ3) is 1.69. The molecule has 0 heterocycles. The Labute approximate surface area is 75.7 Å². The standard InChI is InChI=1S/C12H18/c1-5-7-11-10(2)8-6-9-12(11,3)4/h5,7-8H,1,6,9H2,2-4H3. The van der Waals surface area contributed by atoms with Crippen molar-refractivity contribution < 1.29 is 0 Å². The molecule has 0 fully saturated rings. The molecule has 66 valence electrons. The minimum absolute atomic E-state index is 0.340. The molecule has 1 aliphatic carbocycles. The van der Waals surface area contributed by atoms with Crippen molar-refractivity contribution in [2.45, 2.75) is 33.6 Å². The molecule has 0 nitrogen and oxygen atoms in total. The lowest BCUT2D eigenvalue weighted by atomic mass is 9.73. The van der Waals surface area contributed by atoms with Gasteiger partial charge in [-0.15, -0.1) is 0 Å². The fourth-order valence-corrected chi connectivity index (χ4v) is 1.90. The van der Waals surface area contributed by atoms with E-state index in [0.29, 0.717) is 5.41 Å². The molecule has 0 aromatic heterocycles. The van der Waals surface area contributed by atoms with E-state index in [1.807, 2.05) is 6.08 Å². The SMILES string of the molecule is C=CC=C1C(C)=CCCC1(C)C. The lowest BCUT2D eigenvalue weighted by Crippen LogP contribution is -2.18.